The summed E-state index contributed by atoms with van der Waals surface area (Å²) >= 11 is 1.52. The van der Waals surface area contributed by atoms with Crippen molar-refractivity contribution < 1.29 is 9.53 Å². The minimum absolute atomic E-state index is 0.00997. The quantitative estimate of drug-likeness (QED) is 0.694. The fourth-order valence-corrected chi connectivity index (χ4v) is 5.40. The Labute approximate surface area is 174 Å². The van der Waals surface area contributed by atoms with Gasteiger partial charge in [-0.3, -0.25) is 4.79 Å². The molecule has 6 nitrogen and oxygen atoms in total. The maximum absolute atomic E-state index is 12.6. The summed E-state index contributed by atoms with van der Waals surface area (Å²) in [6.07, 6.45) is 3.80. The van der Waals surface area contributed by atoms with Gasteiger partial charge in [-0.1, -0.05) is 43.4 Å². The molecular weight excluding hydrogens is 384 g/mol. The lowest BCUT2D eigenvalue weighted by Gasteiger charge is -2.35. The lowest BCUT2D eigenvalue weighted by atomic mass is 9.88. The van der Waals surface area contributed by atoms with Crippen LogP contribution < -0.4 is 10.2 Å². The standard InChI is InChI=1S/C22H26N4O2S/c1-22(2)10-18-19(20(27)24-13-22)29-21(25-18)26-7-8-28-12-15(26)9-14-11-23-17-6-4-3-5-16(14)17/h3-6,11,15,23H,7-10,12-13H2,1-2H3,(H,24,27)/t15-/m0/s1. The molecule has 29 heavy (non-hydrogen) atoms. The van der Waals surface area contributed by atoms with E-state index in [1.54, 1.807) is 0 Å². The molecule has 2 aromatic heterocycles. The molecule has 1 aromatic carbocycles. The van der Waals surface area contributed by atoms with Crippen LogP contribution in [0, 0.1) is 5.41 Å². The second kappa shape index (κ2) is 7.15. The van der Waals surface area contributed by atoms with Gasteiger partial charge in [0.05, 0.1) is 24.9 Å². The Kier molecular flexibility index (Phi) is 4.59. The van der Waals surface area contributed by atoms with Gasteiger partial charge >= 0.3 is 0 Å². The predicted molar refractivity (Wildman–Crippen MR) is 116 cm³/mol. The van der Waals surface area contributed by atoms with Crippen LogP contribution in [0.5, 0.6) is 0 Å². The first kappa shape index (κ1) is 18.6. The lowest BCUT2D eigenvalue weighted by Crippen LogP contribution is -2.46. The van der Waals surface area contributed by atoms with Gasteiger partial charge in [0.1, 0.15) is 4.88 Å². The first-order valence-electron chi connectivity index (χ1n) is 10.2. The number of nitrogens with one attached hydrogen (secondary N) is 2. The van der Waals surface area contributed by atoms with Crippen molar-refractivity contribution >= 4 is 33.3 Å². The van der Waals surface area contributed by atoms with Crippen LogP contribution in [0.15, 0.2) is 30.5 Å². The number of morpholine rings is 1. The van der Waals surface area contributed by atoms with Crippen LogP contribution in [-0.4, -0.2) is 48.2 Å². The molecule has 7 heteroatoms. The third-order valence-electron chi connectivity index (χ3n) is 5.87. The Morgan fingerprint density at radius 2 is 2.21 bits per heavy atom. The summed E-state index contributed by atoms with van der Waals surface area (Å²) in [6.45, 7) is 7.19. The molecule has 152 valence electrons. The summed E-state index contributed by atoms with van der Waals surface area (Å²) < 4.78 is 5.82. The molecule has 1 atom stereocenters. The van der Waals surface area contributed by atoms with E-state index in [9.17, 15) is 4.79 Å². The number of fused-ring (bicyclic) bond motifs is 2. The minimum atomic E-state index is 0.00997. The number of aromatic amines is 1. The molecule has 3 aromatic rings. The van der Waals surface area contributed by atoms with Crippen LogP contribution in [0.2, 0.25) is 0 Å². The van der Waals surface area contributed by atoms with Crippen LogP contribution in [-0.2, 0) is 17.6 Å². The highest BCUT2D eigenvalue weighted by atomic mass is 32.1. The Hall–Kier alpha value is -2.38. The van der Waals surface area contributed by atoms with Gasteiger partial charge < -0.3 is 19.9 Å². The highest BCUT2D eigenvalue weighted by Crippen LogP contribution is 2.35. The molecule has 0 radical (unpaired) electrons. The third kappa shape index (κ3) is 3.53. The maximum Gasteiger partial charge on any atom is 0.263 e. The Morgan fingerprint density at radius 3 is 3.10 bits per heavy atom. The zero-order valence-electron chi connectivity index (χ0n) is 16.8. The Morgan fingerprint density at radius 1 is 1.34 bits per heavy atom. The fraction of sp³-hybridized carbons (Fsp3) is 0.455. The van der Waals surface area contributed by atoms with Gasteiger partial charge in [-0.2, -0.15) is 0 Å². The molecule has 2 aliphatic rings. The Bertz CT molecular complexity index is 1050. The molecule has 0 bridgehead atoms. The second-order valence-corrected chi connectivity index (χ2v) is 9.76. The molecule has 1 fully saturated rings. The number of ether oxygens (including phenoxy) is 1. The molecule has 4 heterocycles. The van der Waals surface area contributed by atoms with Gasteiger partial charge in [0.25, 0.3) is 5.91 Å². The zero-order valence-corrected chi connectivity index (χ0v) is 17.6. The number of hydrogen-bond acceptors (Lipinski definition) is 5. The van der Waals surface area contributed by atoms with Crippen molar-refractivity contribution in [3.8, 4) is 0 Å². The van der Waals surface area contributed by atoms with Crippen LogP contribution in [0.1, 0.15) is 34.8 Å². The number of nitrogens with zero attached hydrogens (tertiary/aromatic N) is 2. The summed E-state index contributed by atoms with van der Waals surface area (Å²) in [6, 6.07) is 8.59. The van der Waals surface area contributed by atoms with E-state index in [0.29, 0.717) is 19.8 Å². The van der Waals surface area contributed by atoms with E-state index in [-0.39, 0.29) is 17.4 Å². The first-order valence-corrected chi connectivity index (χ1v) is 11.0. The number of amides is 1. The summed E-state index contributed by atoms with van der Waals surface area (Å²) in [5, 5.41) is 5.26. The number of H-pyrrole nitrogens is 1. The molecule has 0 aliphatic carbocycles. The smallest absolute Gasteiger partial charge is 0.263 e. The van der Waals surface area contributed by atoms with Gasteiger partial charge in [0, 0.05) is 30.2 Å². The highest BCUT2D eigenvalue weighted by Gasteiger charge is 2.33. The molecular formula is C22H26N4O2S. The third-order valence-corrected chi connectivity index (χ3v) is 7.00. The molecule has 1 amide bonds. The number of anilines is 1. The predicted octanol–water partition coefficient (Wildman–Crippen LogP) is 3.38. The van der Waals surface area contributed by atoms with Crippen molar-refractivity contribution in [3.05, 3.63) is 46.6 Å². The molecule has 0 saturated carbocycles. The van der Waals surface area contributed by atoms with Crippen molar-refractivity contribution in [2.45, 2.75) is 32.7 Å². The largest absolute Gasteiger partial charge is 0.377 e. The van der Waals surface area contributed by atoms with E-state index in [1.807, 2.05) is 6.07 Å². The molecule has 0 unspecified atom stereocenters. The van der Waals surface area contributed by atoms with Crippen LogP contribution >= 0.6 is 11.3 Å². The van der Waals surface area contributed by atoms with E-state index in [1.165, 1.54) is 22.3 Å². The lowest BCUT2D eigenvalue weighted by molar-refractivity contribution is 0.0941. The second-order valence-electron chi connectivity index (χ2n) is 8.78. The number of carbonyl (C=O) groups excluding carboxylic acids is 1. The van der Waals surface area contributed by atoms with Gasteiger partial charge in [0.15, 0.2) is 5.13 Å². The highest BCUT2D eigenvalue weighted by molar-refractivity contribution is 7.17. The molecule has 0 spiro atoms. The molecule has 5 rings (SSSR count). The number of para-hydroxylation sites is 1. The zero-order chi connectivity index (χ0) is 20.0. The summed E-state index contributed by atoms with van der Waals surface area (Å²) in [5.74, 6) is 0.00997. The number of hydrogen-bond donors (Lipinski definition) is 2. The van der Waals surface area contributed by atoms with E-state index < -0.39 is 0 Å². The normalized spacial score (nSPS) is 21.7. The van der Waals surface area contributed by atoms with Crippen molar-refractivity contribution in [1.29, 1.82) is 0 Å². The van der Waals surface area contributed by atoms with Crippen molar-refractivity contribution in [2.75, 3.05) is 31.2 Å². The van der Waals surface area contributed by atoms with E-state index >= 15 is 0 Å². The van der Waals surface area contributed by atoms with Crippen LogP contribution in [0.25, 0.3) is 10.9 Å². The number of rotatable bonds is 3. The summed E-state index contributed by atoms with van der Waals surface area (Å²) in [5.41, 5.74) is 3.40. The van der Waals surface area contributed by atoms with Crippen LogP contribution in [0.4, 0.5) is 5.13 Å². The van der Waals surface area contributed by atoms with Crippen molar-refractivity contribution in [1.82, 2.24) is 15.3 Å². The molecule has 2 aliphatic heterocycles. The van der Waals surface area contributed by atoms with Crippen molar-refractivity contribution in [2.24, 2.45) is 5.41 Å². The average Bonchev–Trinajstić information content (AvgIpc) is 3.28. The van der Waals surface area contributed by atoms with E-state index in [2.05, 4.69) is 53.4 Å². The monoisotopic (exact) mass is 410 g/mol. The van der Waals surface area contributed by atoms with Gasteiger partial charge in [0.2, 0.25) is 0 Å². The fourth-order valence-electron chi connectivity index (χ4n) is 4.31. The van der Waals surface area contributed by atoms with E-state index in [0.717, 1.165) is 40.6 Å². The number of thiazole rings is 1. The Balaban J connectivity index is 1.45. The number of carbonyl (C=O) groups is 1. The van der Waals surface area contributed by atoms with E-state index in [4.69, 9.17) is 9.72 Å². The van der Waals surface area contributed by atoms with Gasteiger partial charge in [-0.25, -0.2) is 4.98 Å². The van der Waals surface area contributed by atoms with Gasteiger partial charge in [-0.15, -0.1) is 0 Å². The minimum Gasteiger partial charge on any atom is -0.377 e. The summed E-state index contributed by atoms with van der Waals surface area (Å²) in [7, 11) is 0. The first-order chi connectivity index (χ1) is 14.0. The SMILES string of the molecule is CC1(C)CNC(=O)c2sc(N3CCOC[C@@H]3Cc3c[nH]c4ccccc34)nc2C1. The van der Waals surface area contributed by atoms with Crippen LogP contribution in [0.3, 0.4) is 0 Å². The summed E-state index contributed by atoms with van der Waals surface area (Å²) in [4.78, 5) is 24.0. The average molecular weight is 411 g/mol. The topological polar surface area (TPSA) is 70.2 Å². The number of aromatic nitrogens is 2. The number of benzene rings is 1. The maximum atomic E-state index is 12.6. The van der Waals surface area contributed by atoms with Crippen molar-refractivity contribution in [3.63, 3.8) is 0 Å². The van der Waals surface area contributed by atoms with Gasteiger partial charge in [-0.05, 0) is 29.9 Å². The molecule has 2 N–H and O–H groups in total. The molecule has 1 saturated heterocycles.